The number of aliphatic imine (C=N–C) groups is 1. The van der Waals surface area contributed by atoms with Gasteiger partial charge in [-0.3, -0.25) is 14.7 Å². The number of hydrogen-bond acceptors (Lipinski definition) is 5. The zero-order chi connectivity index (χ0) is 16.9. The molecule has 120 valence electrons. The molecule has 1 aliphatic heterocycles. The van der Waals surface area contributed by atoms with E-state index < -0.39 is 11.5 Å². The first kappa shape index (κ1) is 15.2. The van der Waals surface area contributed by atoms with Crippen LogP contribution in [0.1, 0.15) is 37.0 Å². The smallest absolute Gasteiger partial charge is 0.337 e. The Hall–Kier alpha value is -2.70. The number of aromatic carboxylic acids is 1. The summed E-state index contributed by atoms with van der Waals surface area (Å²) in [6.07, 6.45) is 1.38. The van der Waals surface area contributed by atoms with Crippen molar-refractivity contribution in [3.05, 3.63) is 23.6 Å². The Balaban J connectivity index is 2.24. The van der Waals surface area contributed by atoms with E-state index in [1.165, 1.54) is 17.3 Å². The molecule has 2 aromatic rings. The van der Waals surface area contributed by atoms with Crippen molar-refractivity contribution in [3.63, 3.8) is 0 Å². The van der Waals surface area contributed by atoms with Crippen molar-refractivity contribution < 1.29 is 19.1 Å². The van der Waals surface area contributed by atoms with Crippen LogP contribution in [0.25, 0.3) is 11.1 Å². The molecule has 7 nitrogen and oxygen atoms in total. The second-order valence-electron chi connectivity index (χ2n) is 6.07. The van der Waals surface area contributed by atoms with E-state index in [-0.39, 0.29) is 23.1 Å². The third kappa shape index (κ3) is 2.11. The monoisotopic (exact) mass is 315 g/mol. The molecule has 0 bridgehead atoms. The van der Waals surface area contributed by atoms with Crippen LogP contribution in [0.2, 0.25) is 0 Å². The maximum Gasteiger partial charge on any atom is 0.337 e. The van der Waals surface area contributed by atoms with Crippen LogP contribution in [0.3, 0.4) is 0 Å². The lowest BCUT2D eigenvalue weighted by Crippen LogP contribution is -2.43. The van der Waals surface area contributed by atoms with Crippen molar-refractivity contribution in [1.29, 1.82) is 0 Å². The molecule has 1 atom stereocenters. The van der Waals surface area contributed by atoms with Gasteiger partial charge in [-0.2, -0.15) is 0 Å². The van der Waals surface area contributed by atoms with Crippen molar-refractivity contribution >= 4 is 35.0 Å². The number of carbonyl (C=O) groups is 2. The summed E-state index contributed by atoms with van der Waals surface area (Å²) in [6, 6.07) is 2.96. The molecule has 1 aromatic carbocycles. The van der Waals surface area contributed by atoms with Gasteiger partial charge in [-0.1, -0.05) is 13.8 Å². The van der Waals surface area contributed by atoms with E-state index in [1.807, 2.05) is 13.8 Å². The van der Waals surface area contributed by atoms with E-state index in [0.29, 0.717) is 17.0 Å². The maximum absolute atomic E-state index is 12.8. The lowest BCUT2D eigenvalue weighted by molar-refractivity contribution is -0.122. The molecule has 0 saturated carbocycles. The van der Waals surface area contributed by atoms with Gasteiger partial charge in [-0.15, -0.1) is 0 Å². The summed E-state index contributed by atoms with van der Waals surface area (Å²) in [5.74, 6) is -1.04. The van der Waals surface area contributed by atoms with Gasteiger partial charge in [0.2, 0.25) is 0 Å². The molecule has 1 aromatic heterocycles. The highest BCUT2D eigenvalue weighted by atomic mass is 16.4. The molecule has 0 fully saturated rings. The molecule has 1 N–H and O–H groups in total. The van der Waals surface area contributed by atoms with Gasteiger partial charge in [0.15, 0.2) is 11.5 Å². The Morgan fingerprint density at radius 3 is 2.65 bits per heavy atom. The van der Waals surface area contributed by atoms with Gasteiger partial charge in [0.05, 0.1) is 17.6 Å². The predicted molar refractivity (Wildman–Crippen MR) is 84.9 cm³/mol. The normalized spacial score (nSPS) is 20.9. The Labute approximate surface area is 132 Å². The maximum atomic E-state index is 12.8. The fraction of sp³-hybridized carbons (Fsp3) is 0.375. The Kier molecular flexibility index (Phi) is 3.24. The Morgan fingerprint density at radius 2 is 2.09 bits per heavy atom. The first-order valence-electron chi connectivity index (χ1n) is 7.28. The molecule has 2 heterocycles. The lowest BCUT2D eigenvalue weighted by atomic mass is 9.88. The number of anilines is 1. The molecule has 0 aliphatic carbocycles. The summed E-state index contributed by atoms with van der Waals surface area (Å²) in [6.45, 7) is 7.21. The van der Waals surface area contributed by atoms with Crippen molar-refractivity contribution in [2.24, 2.45) is 10.9 Å². The Morgan fingerprint density at radius 1 is 1.39 bits per heavy atom. The van der Waals surface area contributed by atoms with Crippen LogP contribution in [0.15, 0.2) is 21.5 Å². The van der Waals surface area contributed by atoms with Crippen LogP contribution in [0.5, 0.6) is 0 Å². The number of benzene rings is 1. The molecule has 23 heavy (non-hydrogen) atoms. The van der Waals surface area contributed by atoms with Gasteiger partial charge < -0.3 is 9.52 Å². The molecule has 0 spiro atoms. The van der Waals surface area contributed by atoms with Crippen LogP contribution >= 0.6 is 0 Å². The number of oxazole rings is 1. The largest absolute Gasteiger partial charge is 0.478 e. The van der Waals surface area contributed by atoms with Gasteiger partial charge in [0, 0.05) is 6.92 Å². The topological polar surface area (TPSA) is 96.0 Å². The molecular formula is C16H17N3O4. The van der Waals surface area contributed by atoms with E-state index in [2.05, 4.69) is 9.98 Å². The first-order chi connectivity index (χ1) is 10.8. The third-order valence-electron chi connectivity index (χ3n) is 4.33. The zero-order valence-electron chi connectivity index (χ0n) is 13.3. The number of carbonyl (C=O) groups excluding carboxylic acids is 1. The fourth-order valence-corrected chi connectivity index (χ4v) is 2.59. The summed E-state index contributed by atoms with van der Waals surface area (Å²) >= 11 is 0. The molecule has 1 amide bonds. The van der Waals surface area contributed by atoms with Crippen LogP contribution < -0.4 is 4.90 Å². The van der Waals surface area contributed by atoms with E-state index >= 15 is 0 Å². The SMILES string of the molecule is Cc1nc2c(N3C=NC(C)(C(C)C)C3=O)c(C(=O)O)ccc2o1. The van der Waals surface area contributed by atoms with Crippen molar-refractivity contribution in [2.75, 3.05) is 4.90 Å². The van der Waals surface area contributed by atoms with Crippen LogP contribution in [-0.4, -0.2) is 33.8 Å². The predicted octanol–water partition coefficient (Wildman–Crippen LogP) is 2.62. The van der Waals surface area contributed by atoms with Crippen LogP contribution in [0, 0.1) is 12.8 Å². The number of nitrogens with zero attached hydrogens (tertiary/aromatic N) is 3. The van der Waals surface area contributed by atoms with E-state index in [4.69, 9.17) is 4.42 Å². The number of carboxylic acids is 1. The molecule has 7 heteroatoms. The van der Waals surface area contributed by atoms with Crippen LogP contribution in [-0.2, 0) is 4.79 Å². The summed E-state index contributed by atoms with van der Waals surface area (Å²) in [7, 11) is 0. The number of aromatic nitrogens is 1. The summed E-state index contributed by atoms with van der Waals surface area (Å²) < 4.78 is 5.45. The van der Waals surface area contributed by atoms with Crippen LogP contribution in [0.4, 0.5) is 5.69 Å². The standard InChI is InChI=1S/C16H17N3O4/c1-8(2)16(4)15(22)19(7-17-16)13-10(14(20)21)5-6-11-12(13)18-9(3)23-11/h5-8H,1-4H3,(H,20,21). The molecule has 1 aliphatic rings. The van der Waals surface area contributed by atoms with Gasteiger partial charge in [0.1, 0.15) is 11.1 Å². The number of carboxylic acid groups (broad SMARTS) is 1. The van der Waals surface area contributed by atoms with Gasteiger partial charge in [0.25, 0.3) is 5.91 Å². The van der Waals surface area contributed by atoms with Gasteiger partial charge >= 0.3 is 5.97 Å². The average molecular weight is 315 g/mol. The average Bonchev–Trinajstić information content (AvgIpc) is 2.99. The molecule has 0 radical (unpaired) electrons. The highest BCUT2D eigenvalue weighted by molar-refractivity contribution is 6.22. The minimum atomic E-state index is -1.14. The second-order valence-corrected chi connectivity index (χ2v) is 6.07. The number of rotatable bonds is 3. The molecular weight excluding hydrogens is 298 g/mol. The minimum absolute atomic E-state index is 0.0152. The molecule has 0 saturated heterocycles. The number of fused-ring (bicyclic) bond motifs is 1. The quantitative estimate of drug-likeness (QED) is 0.939. The fourth-order valence-electron chi connectivity index (χ4n) is 2.59. The van der Waals surface area contributed by atoms with E-state index in [1.54, 1.807) is 19.9 Å². The van der Waals surface area contributed by atoms with Gasteiger partial charge in [-0.25, -0.2) is 9.78 Å². The number of amides is 1. The van der Waals surface area contributed by atoms with E-state index in [0.717, 1.165) is 0 Å². The Bertz CT molecular complexity index is 852. The number of aryl methyl sites for hydroxylation is 1. The van der Waals surface area contributed by atoms with Crippen molar-refractivity contribution in [2.45, 2.75) is 33.2 Å². The summed E-state index contributed by atoms with van der Waals surface area (Å²) in [5, 5.41) is 9.48. The second kappa shape index (κ2) is 4.91. The number of hydrogen-bond donors (Lipinski definition) is 1. The van der Waals surface area contributed by atoms with Crippen molar-refractivity contribution in [1.82, 2.24) is 4.98 Å². The molecule has 1 unspecified atom stereocenters. The zero-order valence-corrected chi connectivity index (χ0v) is 13.3. The minimum Gasteiger partial charge on any atom is -0.478 e. The third-order valence-corrected chi connectivity index (χ3v) is 4.33. The summed E-state index contributed by atoms with van der Waals surface area (Å²) in [4.78, 5) is 34.3. The highest BCUT2D eigenvalue weighted by Gasteiger charge is 2.45. The lowest BCUT2D eigenvalue weighted by Gasteiger charge is -2.25. The summed E-state index contributed by atoms with van der Waals surface area (Å²) in [5.41, 5.74) is 0.0390. The first-order valence-corrected chi connectivity index (χ1v) is 7.28. The molecule has 3 rings (SSSR count). The van der Waals surface area contributed by atoms with E-state index in [9.17, 15) is 14.7 Å². The van der Waals surface area contributed by atoms with Crippen molar-refractivity contribution in [3.8, 4) is 0 Å². The van der Waals surface area contributed by atoms with Gasteiger partial charge in [-0.05, 0) is 25.0 Å². The highest BCUT2D eigenvalue weighted by Crippen LogP contribution is 2.36.